The third-order valence-corrected chi connectivity index (χ3v) is 2.83. The summed E-state index contributed by atoms with van der Waals surface area (Å²) < 4.78 is 5.54. The Morgan fingerprint density at radius 2 is 1.88 bits per heavy atom. The van der Waals surface area contributed by atoms with E-state index in [1.54, 1.807) is 0 Å². The Labute approximate surface area is 105 Å². The molecule has 0 amide bonds. The predicted molar refractivity (Wildman–Crippen MR) is 72.3 cm³/mol. The first-order valence-electron chi connectivity index (χ1n) is 6.34. The quantitative estimate of drug-likeness (QED) is 0.790. The van der Waals surface area contributed by atoms with Crippen molar-refractivity contribution >= 4 is 0 Å². The Morgan fingerprint density at radius 1 is 1.24 bits per heavy atom. The predicted octanol–water partition coefficient (Wildman–Crippen LogP) is 2.43. The van der Waals surface area contributed by atoms with Gasteiger partial charge in [0.15, 0.2) is 0 Å². The van der Waals surface area contributed by atoms with E-state index in [1.807, 2.05) is 12.1 Å². The van der Waals surface area contributed by atoms with E-state index in [1.165, 1.54) is 0 Å². The van der Waals surface area contributed by atoms with Gasteiger partial charge in [-0.3, -0.25) is 0 Å². The lowest BCUT2D eigenvalue weighted by molar-refractivity contribution is 0.316. The molecule has 0 aliphatic heterocycles. The Kier molecular flexibility index (Phi) is 6.01. The molecular formula is C14H24N2O. The first kappa shape index (κ1) is 14.0. The van der Waals surface area contributed by atoms with E-state index in [9.17, 15) is 0 Å². The van der Waals surface area contributed by atoms with Crippen molar-refractivity contribution < 1.29 is 4.74 Å². The lowest BCUT2D eigenvalue weighted by Crippen LogP contribution is -2.28. The second-order valence-corrected chi connectivity index (χ2v) is 4.38. The monoisotopic (exact) mass is 236 g/mol. The molecule has 0 heterocycles. The third kappa shape index (κ3) is 4.75. The van der Waals surface area contributed by atoms with Crippen molar-refractivity contribution in [2.75, 3.05) is 26.7 Å². The maximum Gasteiger partial charge on any atom is 0.119 e. The van der Waals surface area contributed by atoms with Crippen LogP contribution in [0.2, 0.25) is 0 Å². The Balaban J connectivity index is 2.54. The molecule has 0 radical (unpaired) electrons. The van der Waals surface area contributed by atoms with Crippen LogP contribution in [-0.4, -0.2) is 31.6 Å². The van der Waals surface area contributed by atoms with Crippen molar-refractivity contribution in [1.29, 1.82) is 0 Å². The maximum absolute atomic E-state index is 6.14. The molecule has 0 saturated carbocycles. The molecule has 3 nitrogen and oxygen atoms in total. The van der Waals surface area contributed by atoms with Crippen molar-refractivity contribution in [3.8, 4) is 5.75 Å². The van der Waals surface area contributed by atoms with Gasteiger partial charge in [-0.25, -0.2) is 0 Å². The summed E-state index contributed by atoms with van der Waals surface area (Å²) in [4.78, 5) is 2.21. The number of nitrogens with two attached hydrogens (primary N) is 1. The zero-order chi connectivity index (χ0) is 12.7. The lowest BCUT2D eigenvalue weighted by atomic mass is 10.1. The molecule has 0 aliphatic carbocycles. The summed E-state index contributed by atoms with van der Waals surface area (Å²) in [5.74, 6) is 0.923. The van der Waals surface area contributed by atoms with Crippen LogP contribution in [0.3, 0.4) is 0 Å². The topological polar surface area (TPSA) is 38.5 Å². The van der Waals surface area contributed by atoms with Gasteiger partial charge in [0.2, 0.25) is 0 Å². The minimum Gasteiger partial charge on any atom is -0.494 e. The molecule has 1 atom stereocenters. The fourth-order valence-corrected chi connectivity index (χ4v) is 1.60. The van der Waals surface area contributed by atoms with Gasteiger partial charge in [-0.1, -0.05) is 26.0 Å². The van der Waals surface area contributed by atoms with Crippen LogP contribution in [0.1, 0.15) is 31.9 Å². The van der Waals surface area contributed by atoms with E-state index in [2.05, 4.69) is 37.9 Å². The zero-order valence-corrected chi connectivity index (χ0v) is 11.1. The van der Waals surface area contributed by atoms with Crippen LogP contribution in [0.4, 0.5) is 0 Å². The lowest BCUT2D eigenvalue weighted by Gasteiger charge is -2.20. The van der Waals surface area contributed by atoms with E-state index >= 15 is 0 Å². The Bertz CT molecular complexity index is 311. The van der Waals surface area contributed by atoms with Gasteiger partial charge in [0.05, 0.1) is 6.61 Å². The highest BCUT2D eigenvalue weighted by molar-refractivity contribution is 5.29. The van der Waals surface area contributed by atoms with Gasteiger partial charge in [0.25, 0.3) is 0 Å². The van der Waals surface area contributed by atoms with E-state index in [0.29, 0.717) is 0 Å². The molecular weight excluding hydrogens is 212 g/mol. The molecule has 1 aromatic rings. The minimum absolute atomic E-state index is 0.0696. The Morgan fingerprint density at radius 3 is 2.41 bits per heavy atom. The first-order chi connectivity index (χ1) is 8.17. The maximum atomic E-state index is 6.14. The van der Waals surface area contributed by atoms with Gasteiger partial charge in [0.1, 0.15) is 5.75 Å². The molecule has 17 heavy (non-hydrogen) atoms. The van der Waals surface area contributed by atoms with Crippen molar-refractivity contribution in [1.82, 2.24) is 4.90 Å². The molecule has 2 N–H and O–H groups in total. The van der Waals surface area contributed by atoms with Crippen LogP contribution in [0.5, 0.6) is 5.75 Å². The van der Waals surface area contributed by atoms with Crippen molar-refractivity contribution in [2.45, 2.75) is 26.3 Å². The minimum atomic E-state index is 0.0696. The van der Waals surface area contributed by atoms with Crippen molar-refractivity contribution in [2.24, 2.45) is 5.73 Å². The molecule has 1 rings (SSSR count). The van der Waals surface area contributed by atoms with Gasteiger partial charge < -0.3 is 15.4 Å². The largest absolute Gasteiger partial charge is 0.494 e. The molecule has 0 aromatic heterocycles. The summed E-state index contributed by atoms with van der Waals surface area (Å²) in [6, 6.07) is 8.17. The summed E-state index contributed by atoms with van der Waals surface area (Å²) in [5.41, 5.74) is 7.30. The molecule has 0 aliphatic rings. The normalized spacial score (nSPS) is 12.8. The van der Waals surface area contributed by atoms with Crippen LogP contribution < -0.4 is 10.5 Å². The van der Waals surface area contributed by atoms with Gasteiger partial charge >= 0.3 is 0 Å². The third-order valence-electron chi connectivity index (χ3n) is 2.83. The average molecular weight is 236 g/mol. The van der Waals surface area contributed by atoms with Crippen LogP contribution in [-0.2, 0) is 0 Å². The number of hydrogen-bond donors (Lipinski definition) is 1. The first-order valence-corrected chi connectivity index (χ1v) is 6.34. The average Bonchev–Trinajstić information content (AvgIpc) is 2.36. The number of nitrogens with zero attached hydrogens (tertiary/aromatic N) is 1. The molecule has 0 bridgehead atoms. The number of benzene rings is 1. The fraction of sp³-hybridized carbons (Fsp3) is 0.571. The van der Waals surface area contributed by atoms with Gasteiger partial charge in [-0.2, -0.15) is 0 Å². The second kappa shape index (κ2) is 7.30. The molecule has 3 heteroatoms. The molecule has 0 spiro atoms. The van der Waals surface area contributed by atoms with Gasteiger partial charge in [-0.05, 0) is 37.7 Å². The number of hydrogen-bond acceptors (Lipinski definition) is 3. The highest BCUT2D eigenvalue weighted by Gasteiger charge is 2.08. The summed E-state index contributed by atoms with van der Waals surface area (Å²) in [6.45, 7) is 6.90. The highest BCUT2D eigenvalue weighted by atomic mass is 16.5. The van der Waals surface area contributed by atoms with E-state index in [-0.39, 0.29) is 6.04 Å². The van der Waals surface area contributed by atoms with Crippen molar-refractivity contribution in [3.63, 3.8) is 0 Å². The molecule has 1 unspecified atom stereocenters. The van der Waals surface area contributed by atoms with E-state index in [0.717, 1.165) is 37.4 Å². The van der Waals surface area contributed by atoms with Crippen LogP contribution in [0, 0.1) is 0 Å². The van der Waals surface area contributed by atoms with Gasteiger partial charge in [0, 0.05) is 12.6 Å². The molecule has 96 valence electrons. The molecule has 1 aromatic carbocycles. The van der Waals surface area contributed by atoms with Gasteiger partial charge in [-0.15, -0.1) is 0 Å². The summed E-state index contributed by atoms with van der Waals surface area (Å²) in [6.07, 6.45) is 1.03. The Hall–Kier alpha value is -1.06. The van der Waals surface area contributed by atoms with Crippen LogP contribution >= 0.6 is 0 Å². The summed E-state index contributed by atoms with van der Waals surface area (Å²) in [7, 11) is 2.08. The summed E-state index contributed by atoms with van der Waals surface area (Å²) in [5, 5.41) is 0. The highest BCUT2D eigenvalue weighted by Crippen LogP contribution is 2.17. The second-order valence-electron chi connectivity index (χ2n) is 4.38. The van der Waals surface area contributed by atoms with Crippen LogP contribution in [0.15, 0.2) is 24.3 Å². The summed E-state index contributed by atoms with van der Waals surface area (Å²) >= 11 is 0. The fourth-order valence-electron chi connectivity index (χ4n) is 1.60. The molecule has 0 saturated heterocycles. The van der Waals surface area contributed by atoms with Crippen LogP contribution in [0.25, 0.3) is 0 Å². The SMILES string of the molecule is CCCOc1ccc(C(N)CN(C)CC)cc1. The standard InChI is InChI=1S/C14H24N2O/c1-4-10-17-13-8-6-12(7-9-13)14(15)11-16(3)5-2/h6-9,14H,4-5,10-11,15H2,1-3H3. The van der Waals surface area contributed by atoms with E-state index in [4.69, 9.17) is 10.5 Å². The number of likely N-dealkylation sites (N-methyl/N-ethyl adjacent to an activating group) is 1. The smallest absolute Gasteiger partial charge is 0.119 e. The number of ether oxygens (including phenoxy) is 1. The zero-order valence-electron chi connectivity index (χ0n) is 11.1. The van der Waals surface area contributed by atoms with E-state index < -0.39 is 0 Å². The van der Waals surface area contributed by atoms with Crippen molar-refractivity contribution in [3.05, 3.63) is 29.8 Å². The number of rotatable bonds is 7. The molecule has 0 fully saturated rings.